The average Bonchev–Trinajstić information content (AvgIpc) is 2.52. The van der Waals surface area contributed by atoms with Gasteiger partial charge in [0.05, 0.1) is 0 Å². The van der Waals surface area contributed by atoms with E-state index >= 15 is 0 Å². The molecule has 0 aromatic heterocycles. The molecule has 0 spiro atoms. The van der Waals surface area contributed by atoms with E-state index in [0.29, 0.717) is 0 Å². The highest BCUT2D eigenvalue weighted by Gasteiger charge is 2.07. The molecule has 23 heavy (non-hydrogen) atoms. The molecular formula is C18H22O5. The minimum atomic E-state index is -0.617. The highest BCUT2D eigenvalue weighted by Crippen LogP contribution is 1.97. The van der Waals surface area contributed by atoms with E-state index in [2.05, 4.69) is 22.6 Å². The van der Waals surface area contributed by atoms with Crippen LogP contribution < -0.4 is 0 Å². The summed E-state index contributed by atoms with van der Waals surface area (Å²) in [5, 5.41) is 0. The maximum absolute atomic E-state index is 10.8. The summed E-state index contributed by atoms with van der Waals surface area (Å²) in [7, 11) is 0. The number of esters is 2. The van der Waals surface area contributed by atoms with E-state index in [9.17, 15) is 14.4 Å². The van der Waals surface area contributed by atoms with Gasteiger partial charge in [-0.15, -0.1) is 0 Å². The van der Waals surface area contributed by atoms with Gasteiger partial charge in [-0.3, -0.25) is 9.59 Å². The zero-order chi connectivity index (χ0) is 17.7. The number of benzene rings is 1. The van der Waals surface area contributed by atoms with Gasteiger partial charge in [0.25, 0.3) is 0 Å². The van der Waals surface area contributed by atoms with Crippen molar-refractivity contribution in [3.05, 3.63) is 54.6 Å². The van der Waals surface area contributed by atoms with Gasteiger partial charge in [-0.05, 0) is 19.4 Å². The average molecular weight is 318 g/mol. The summed E-state index contributed by atoms with van der Waals surface area (Å²) in [5.74, 6) is -1.41. The van der Waals surface area contributed by atoms with Crippen LogP contribution in [-0.2, 0) is 23.9 Å². The van der Waals surface area contributed by atoms with Crippen molar-refractivity contribution in [1.29, 1.82) is 0 Å². The molecule has 0 heterocycles. The first-order valence-corrected chi connectivity index (χ1v) is 7.02. The van der Waals surface area contributed by atoms with Crippen LogP contribution in [0.5, 0.6) is 0 Å². The number of rotatable bonds is 7. The standard InChI is InChI=1S/C10H14O5.C8H8/c1-7(2)10(13)15-5-4-14-9(12)6-8(3)11;1-2-8-6-4-3-5-7-8/h1,4-6H2,2-3H3;2-7H,1H2. The molecule has 5 heteroatoms. The van der Waals surface area contributed by atoms with Crippen molar-refractivity contribution in [2.75, 3.05) is 13.2 Å². The van der Waals surface area contributed by atoms with Gasteiger partial charge < -0.3 is 9.47 Å². The Morgan fingerprint density at radius 2 is 1.61 bits per heavy atom. The van der Waals surface area contributed by atoms with Crippen LogP contribution in [0.4, 0.5) is 0 Å². The molecule has 0 fully saturated rings. The Morgan fingerprint density at radius 3 is 2.04 bits per heavy atom. The van der Waals surface area contributed by atoms with E-state index in [-0.39, 0.29) is 31.0 Å². The summed E-state index contributed by atoms with van der Waals surface area (Å²) in [5.41, 5.74) is 1.46. The lowest BCUT2D eigenvalue weighted by atomic mass is 10.2. The van der Waals surface area contributed by atoms with Crippen molar-refractivity contribution in [3.8, 4) is 0 Å². The Labute approximate surface area is 136 Å². The van der Waals surface area contributed by atoms with Gasteiger partial charge >= 0.3 is 11.9 Å². The molecule has 5 nitrogen and oxygen atoms in total. The summed E-state index contributed by atoms with van der Waals surface area (Å²) in [6, 6.07) is 10.0. The van der Waals surface area contributed by atoms with Crippen molar-refractivity contribution in [3.63, 3.8) is 0 Å². The Hall–Kier alpha value is -2.69. The summed E-state index contributed by atoms with van der Waals surface area (Å²) < 4.78 is 9.27. The van der Waals surface area contributed by atoms with Crippen LogP contribution in [0, 0.1) is 0 Å². The zero-order valence-corrected chi connectivity index (χ0v) is 13.5. The molecule has 0 N–H and O–H groups in total. The maximum Gasteiger partial charge on any atom is 0.333 e. The summed E-state index contributed by atoms with van der Waals surface area (Å²) in [6.45, 7) is 9.74. The van der Waals surface area contributed by atoms with Crippen molar-refractivity contribution >= 4 is 23.8 Å². The van der Waals surface area contributed by atoms with Crippen LogP contribution in [0.2, 0.25) is 0 Å². The molecule has 0 saturated heterocycles. The second-order valence-corrected chi connectivity index (χ2v) is 4.63. The monoisotopic (exact) mass is 318 g/mol. The molecule has 124 valence electrons. The molecule has 0 aliphatic heterocycles. The Kier molecular flexibility index (Phi) is 10.5. The van der Waals surface area contributed by atoms with Crippen LogP contribution in [-0.4, -0.2) is 30.9 Å². The first-order valence-electron chi connectivity index (χ1n) is 7.02. The lowest BCUT2D eigenvalue weighted by Gasteiger charge is -2.05. The van der Waals surface area contributed by atoms with E-state index in [1.54, 1.807) is 0 Å². The highest BCUT2D eigenvalue weighted by atomic mass is 16.6. The van der Waals surface area contributed by atoms with Gasteiger partial charge in [-0.25, -0.2) is 4.79 Å². The smallest absolute Gasteiger partial charge is 0.333 e. The van der Waals surface area contributed by atoms with Gasteiger partial charge in [-0.2, -0.15) is 0 Å². The normalized spacial score (nSPS) is 8.96. The quantitative estimate of drug-likeness (QED) is 0.334. The predicted molar refractivity (Wildman–Crippen MR) is 88.6 cm³/mol. The molecule has 0 bridgehead atoms. The van der Waals surface area contributed by atoms with Gasteiger partial charge in [0.2, 0.25) is 0 Å². The molecule has 0 unspecified atom stereocenters. The molecule has 0 atom stereocenters. The van der Waals surface area contributed by atoms with E-state index in [1.807, 2.05) is 36.4 Å². The number of ether oxygens (including phenoxy) is 2. The number of ketones is 1. The molecule has 1 rings (SSSR count). The van der Waals surface area contributed by atoms with Gasteiger partial charge in [-0.1, -0.05) is 49.6 Å². The summed E-state index contributed by atoms with van der Waals surface area (Å²) in [4.78, 5) is 32.2. The largest absolute Gasteiger partial charge is 0.462 e. The fourth-order valence-electron chi connectivity index (χ4n) is 1.26. The summed E-state index contributed by atoms with van der Waals surface area (Å²) in [6.07, 6.45) is 1.58. The van der Waals surface area contributed by atoms with Gasteiger partial charge in [0.15, 0.2) is 0 Å². The van der Waals surface area contributed by atoms with Crippen LogP contribution in [0.1, 0.15) is 25.8 Å². The van der Waals surface area contributed by atoms with E-state index in [1.165, 1.54) is 19.4 Å². The van der Waals surface area contributed by atoms with Crippen molar-refractivity contribution < 1.29 is 23.9 Å². The van der Waals surface area contributed by atoms with Crippen LogP contribution >= 0.6 is 0 Å². The molecule has 0 aliphatic carbocycles. The molecule has 0 radical (unpaired) electrons. The number of Topliss-reactive ketones (excluding diaryl/α,β-unsaturated/α-hetero) is 1. The molecule has 0 amide bonds. The molecular weight excluding hydrogens is 296 g/mol. The SMILES string of the molecule is C=C(C)C(=O)OCCOC(=O)CC(C)=O.C=Cc1ccccc1. The predicted octanol–water partition coefficient (Wildman–Crippen LogP) is 2.96. The number of carbonyl (C=O) groups is 3. The number of hydrogen-bond donors (Lipinski definition) is 0. The first kappa shape index (κ1) is 20.3. The second-order valence-electron chi connectivity index (χ2n) is 4.63. The third kappa shape index (κ3) is 11.6. The summed E-state index contributed by atoms with van der Waals surface area (Å²) >= 11 is 0. The van der Waals surface area contributed by atoms with Gasteiger partial charge in [0, 0.05) is 5.57 Å². The lowest BCUT2D eigenvalue weighted by molar-refractivity contribution is -0.151. The van der Waals surface area contributed by atoms with Crippen LogP contribution in [0.25, 0.3) is 6.08 Å². The minimum Gasteiger partial charge on any atom is -0.462 e. The highest BCUT2D eigenvalue weighted by molar-refractivity contribution is 5.94. The Balaban J connectivity index is 0.000000502. The number of carbonyl (C=O) groups excluding carboxylic acids is 3. The third-order valence-corrected chi connectivity index (χ3v) is 2.36. The van der Waals surface area contributed by atoms with Crippen molar-refractivity contribution in [2.24, 2.45) is 0 Å². The topological polar surface area (TPSA) is 69.7 Å². The van der Waals surface area contributed by atoms with Crippen molar-refractivity contribution in [1.82, 2.24) is 0 Å². The fourth-order valence-corrected chi connectivity index (χ4v) is 1.26. The fraction of sp³-hybridized carbons (Fsp3) is 0.278. The van der Waals surface area contributed by atoms with Crippen LogP contribution in [0.3, 0.4) is 0 Å². The minimum absolute atomic E-state index is 0.0324. The van der Waals surface area contributed by atoms with E-state index in [0.717, 1.165) is 0 Å². The third-order valence-electron chi connectivity index (χ3n) is 2.36. The molecule has 1 aromatic rings. The lowest BCUT2D eigenvalue weighted by Crippen LogP contribution is -2.15. The Morgan fingerprint density at radius 1 is 1.04 bits per heavy atom. The maximum atomic E-state index is 10.8. The van der Waals surface area contributed by atoms with E-state index < -0.39 is 11.9 Å². The first-order chi connectivity index (χ1) is 10.9. The van der Waals surface area contributed by atoms with E-state index in [4.69, 9.17) is 0 Å². The Bertz CT molecular complexity index is 546. The van der Waals surface area contributed by atoms with Gasteiger partial charge in [0.1, 0.15) is 25.4 Å². The van der Waals surface area contributed by atoms with Crippen LogP contribution in [0.15, 0.2) is 49.1 Å². The molecule has 0 saturated carbocycles. The zero-order valence-electron chi connectivity index (χ0n) is 13.5. The molecule has 0 aliphatic rings. The molecule has 1 aromatic carbocycles. The number of hydrogen-bond acceptors (Lipinski definition) is 5. The van der Waals surface area contributed by atoms with Crippen molar-refractivity contribution in [2.45, 2.75) is 20.3 Å². The second kappa shape index (κ2) is 11.9.